The van der Waals surface area contributed by atoms with E-state index in [0.717, 1.165) is 36.5 Å². The second-order valence-corrected chi connectivity index (χ2v) is 4.04. The van der Waals surface area contributed by atoms with Gasteiger partial charge in [0.1, 0.15) is 6.33 Å². The number of anilines is 1. The maximum absolute atomic E-state index is 11.0. The Balaban J connectivity index is 1.94. The van der Waals surface area contributed by atoms with Crippen LogP contribution in [-0.2, 0) is 13.1 Å². The van der Waals surface area contributed by atoms with Crippen molar-refractivity contribution in [1.82, 2.24) is 14.8 Å². The second kappa shape index (κ2) is 4.01. The number of benzene rings is 1. The van der Waals surface area contributed by atoms with E-state index in [-0.39, 0.29) is 0 Å². The molecule has 17 heavy (non-hydrogen) atoms. The van der Waals surface area contributed by atoms with Gasteiger partial charge in [0.15, 0.2) is 12.1 Å². The number of aromatic nitrogens is 3. The van der Waals surface area contributed by atoms with Crippen LogP contribution < -0.4 is 4.90 Å². The highest BCUT2D eigenvalue weighted by molar-refractivity contribution is 5.84. The van der Waals surface area contributed by atoms with Crippen LogP contribution in [0.3, 0.4) is 0 Å². The third-order valence-electron chi connectivity index (χ3n) is 3.04. The molecule has 0 fully saturated rings. The predicted molar refractivity (Wildman–Crippen MR) is 62.9 cm³/mol. The summed E-state index contributed by atoms with van der Waals surface area (Å²) in [6.07, 6.45) is 2.65. The van der Waals surface area contributed by atoms with E-state index in [0.29, 0.717) is 6.54 Å². The summed E-state index contributed by atoms with van der Waals surface area (Å²) in [7, 11) is 0. The normalized spacial score (nSPS) is 14.5. The van der Waals surface area contributed by atoms with Crippen LogP contribution in [0.1, 0.15) is 16.2 Å². The Bertz CT molecular complexity index is 549. The van der Waals surface area contributed by atoms with Crippen LogP contribution in [0.5, 0.6) is 0 Å². The number of hydrogen-bond donors (Lipinski definition) is 0. The van der Waals surface area contributed by atoms with Gasteiger partial charge in [-0.3, -0.25) is 4.79 Å². The van der Waals surface area contributed by atoms with Crippen molar-refractivity contribution in [1.29, 1.82) is 0 Å². The minimum absolute atomic E-state index is 0.699. The molecule has 0 saturated heterocycles. The fourth-order valence-corrected chi connectivity index (χ4v) is 2.15. The number of nitrogens with zero attached hydrogens (tertiary/aromatic N) is 4. The second-order valence-electron chi connectivity index (χ2n) is 4.04. The molecule has 1 aliphatic rings. The van der Waals surface area contributed by atoms with Crippen LogP contribution >= 0.6 is 0 Å². The molecule has 0 amide bonds. The summed E-state index contributed by atoms with van der Waals surface area (Å²) in [4.78, 5) is 13.2. The molecule has 2 aromatic rings. The third kappa shape index (κ3) is 1.69. The number of hydrogen-bond acceptors (Lipinski definition) is 4. The summed E-state index contributed by atoms with van der Waals surface area (Å²) in [5.41, 5.74) is 1.69. The first-order chi connectivity index (χ1) is 8.38. The summed E-state index contributed by atoms with van der Waals surface area (Å²) in [6, 6.07) is 7.62. The zero-order valence-corrected chi connectivity index (χ0v) is 9.28. The Labute approximate surface area is 98.7 Å². The molecule has 86 valence electrons. The highest BCUT2D eigenvalue weighted by atomic mass is 16.1. The van der Waals surface area contributed by atoms with E-state index in [1.54, 1.807) is 6.33 Å². The van der Waals surface area contributed by atoms with Gasteiger partial charge in [0.25, 0.3) is 0 Å². The average molecular weight is 228 g/mol. The molecule has 0 aliphatic carbocycles. The van der Waals surface area contributed by atoms with Crippen LogP contribution in [0.25, 0.3) is 0 Å². The molecule has 0 spiro atoms. The van der Waals surface area contributed by atoms with Gasteiger partial charge in [-0.25, -0.2) is 0 Å². The van der Waals surface area contributed by atoms with Gasteiger partial charge in [0.05, 0.1) is 6.54 Å². The van der Waals surface area contributed by atoms with Gasteiger partial charge in [-0.1, -0.05) is 12.1 Å². The van der Waals surface area contributed by atoms with Crippen molar-refractivity contribution in [3.8, 4) is 0 Å². The van der Waals surface area contributed by atoms with Crippen LogP contribution in [0.2, 0.25) is 0 Å². The van der Waals surface area contributed by atoms with Crippen LogP contribution in [0.15, 0.2) is 30.6 Å². The number of fused-ring (bicyclic) bond motifs is 1. The van der Waals surface area contributed by atoms with Gasteiger partial charge in [-0.05, 0) is 12.1 Å². The molecule has 0 unspecified atom stereocenters. The van der Waals surface area contributed by atoms with Crippen LogP contribution in [0, 0.1) is 0 Å². The number of para-hydroxylation sites is 1. The molecule has 1 aromatic carbocycles. The van der Waals surface area contributed by atoms with Gasteiger partial charge in [-0.15, -0.1) is 10.2 Å². The van der Waals surface area contributed by atoms with E-state index < -0.39 is 0 Å². The minimum Gasteiger partial charge on any atom is -0.362 e. The van der Waals surface area contributed by atoms with E-state index in [2.05, 4.69) is 15.1 Å². The van der Waals surface area contributed by atoms with E-state index in [1.807, 2.05) is 28.8 Å². The molecule has 2 heterocycles. The molecule has 3 rings (SSSR count). The zero-order chi connectivity index (χ0) is 11.7. The Morgan fingerprint density at radius 1 is 1.24 bits per heavy atom. The minimum atomic E-state index is 0.699. The lowest BCUT2D eigenvalue weighted by Crippen LogP contribution is -2.34. The van der Waals surface area contributed by atoms with Crippen molar-refractivity contribution in [3.05, 3.63) is 42.0 Å². The highest BCUT2D eigenvalue weighted by Crippen LogP contribution is 2.22. The maximum atomic E-state index is 11.0. The molecule has 1 aliphatic heterocycles. The Hall–Kier alpha value is -2.17. The molecule has 0 saturated carbocycles. The molecular formula is C12H12N4O. The van der Waals surface area contributed by atoms with Crippen LogP contribution in [0.4, 0.5) is 5.69 Å². The highest BCUT2D eigenvalue weighted by Gasteiger charge is 2.19. The SMILES string of the molecule is O=Cc1ccccc1N1CCn2cnnc2C1. The summed E-state index contributed by atoms with van der Waals surface area (Å²) in [5.74, 6) is 0.942. The lowest BCUT2D eigenvalue weighted by atomic mass is 10.1. The number of aldehydes is 1. The largest absolute Gasteiger partial charge is 0.362 e. The molecule has 0 N–H and O–H groups in total. The number of carbonyl (C=O) groups is 1. The molecule has 1 aromatic heterocycles. The summed E-state index contributed by atoms with van der Waals surface area (Å²) < 4.78 is 2.04. The lowest BCUT2D eigenvalue weighted by molar-refractivity contribution is 0.112. The molecule has 0 radical (unpaired) electrons. The average Bonchev–Trinajstić information content (AvgIpc) is 2.85. The van der Waals surface area contributed by atoms with Gasteiger partial charge >= 0.3 is 0 Å². The summed E-state index contributed by atoms with van der Waals surface area (Å²) >= 11 is 0. The van der Waals surface area contributed by atoms with Crippen molar-refractivity contribution in [3.63, 3.8) is 0 Å². The van der Waals surface area contributed by atoms with Gasteiger partial charge < -0.3 is 9.47 Å². The van der Waals surface area contributed by atoms with Gasteiger partial charge in [0, 0.05) is 24.3 Å². The summed E-state index contributed by atoms with van der Waals surface area (Å²) in [5, 5.41) is 7.96. The maximum Gasteiger partial charge on any atom is 0.152 e. The Morgan fingerprint density at radius 2 is 2.12 bits per heavy atom. The fraction of sp³-hybridized carbons (Fsp3) is 0.250. The first-order valence-corrected chi connectivity index (χ1v) is 5.54. The lowest BCUT2D eigenvalue weighted by Gasteiger charge is -2.29. The van der Waals surface area contributed by atoms with Crippen molar-refractivity contribution < 1.29 is 4.79 Å². The third-order valence-corrected chi connectivity index (χ3v) is 3.04. The predicted octanol–water partition coefficient (Wildman–Crippen LogP) is 1.11. The van der Waals surface area contributed by atoms with Gasteiger partial charge in [-0.2, -0.15) is 0 Å². The van der Waals surface area contributed by atoms with Gasteiger partial charge in [0.2, 0.25) is 0 Å². The fourth-order valence-electron chi connectivity index (χ4n) is 2.15. The van der Waals surface area contributed by atoms with E-state index in [4.69, 9.17) is 0 Å². The van der Waals surface area contributed by atoms with E-state index in [1.165, 1.54) is 0 Å². The van der Waals surface area contributed by atoms with Crippen LogP contribution in [-0.4, -0.2) is 27.6 Å². The number of carbonyl (C=O) groups excluding carboxylic acids is 1. The quantitative estimate of drug-likeness (QED) is 0.722. The monoisotopic (exact) mass is 228 g/mol. The standard InChI is InChI=1S/C12H12N4O/c17-8-10-3-1-2-4-11(10)15-5-6-16-9-13-14-12(16)7-15/h1-4,8-9H,5-7H2. The molecule has 0 bridgehead atoms. The smallest absolute Gasteiger partial charge is 0.152 e. The topological polar surface area (TPSA) is 51.0 Å². The molecule has 0 atom stereocenters. The zero-order valence-electron chi connectivity index (χ0n) is 9.28. The van der Waals surface area contributed by atoms with E-state index >= 15 is 0 Å². The first-order valence-electron chi connectivity index (χ1n) is 5.54. The van der Waals surface area contributed by atoms with Crippen molar-refractivity contribution in [2.45, 2.75) is 13.1 Å². The number of rotatable bonds is 2. The van der Waals surface area contributed by atoms with Crippen molar-refractivity contribution in [2.24, 2.45) is 0 Å². The summed E-state index contributed by atoms with van der Waals surface area (Å²) in [6.45, 7) is 2.43. The Morgan fingerprint density at radius 3 is 3.00 bits per heavy atom. The molecule has 5 heteroatoms. The van der Waals surface area contributed by atoms with E-state index in [9.17, 15) is 4.79 Å². The Kier molecular flexibility index (Phi) is 2.36. The van der Waals surface area contributed by atoms with Crippen molar-refractivity contribution in [2.75, 3.05) is 11.4 Å². The first kappa shape index (κ1) is 10.0. The molecular weight excluding hydrogens is 216 g/mol. The van der Waals surface area contributed by atoms with Crippen molar-refractivity contribution >= 4 is 12.0 Å². The molecule has 5 nitrogen and oxygen atoms in total.